The standard InChI is InChI=1S/C11H10ClF3O3/c12-8-3-1-2-7(6-8)9(10(16)17)4-5-18-11(13,14)15/h1-3,6,9H,4-5H2,(H,16,17). The van der Waals surface area contributed by atoms with E-state index in [4.69, 9.17) is 16.7 Å². The summed E-state index contributed by atoms with van der Waals surface area (Å²) in [5, 5.41) is 9.30. The lowest BCUT2D eigenvalue weighted by molar-refractivity contribution is -0.325. The number of carboxylic acid groups (broad SMARTS) is 1. The number of hydrogen-bond acceptors (Lipinski definition) is 2. The molecule has 0 radical (unpaired) electrons. The van der Waals surface area contributed by atoms with Gasteiger partial charge >= 0.3 is 12.3 Å². The van der Waals surface area contributed by atoms with E-state index in [-0.39, 0.29) is 6.42 Å². The zero-order valence-corrected chi connectivity index (χ0v) is 9.83. The van der Waals surface area contributed by atoms with Crippen molar-refractivity contribution in [3.63, 3.8) is 0 Å². The Morgan fingerprint density at radius 2 is 2.11 bits per heavy atom. The third-order valence-electron chi connectivity index (χ3n) is 2.22. The van der Waals surface area contributed by atoms with Crippen LogP contribution in [0.25, 0.3) is 0 Å². The summed E-state index contributed by atoms with van der Waals surface area (Å²) >= 11 is 5.70. The molecule has 100 valence electrons. The largest absolute Gasteiger partial charge is 0.522 e. The average Bonchev–Trinajstić information content (AvgIpc) is 2.22. The van der Waals surface area contributed by atoms with Crippen molar-refractivity contribution in [1.82, 2.24) is 0 Å². The molecule has 0 heterocycles. The smallest absolute Gasteiger partial charge is 0.481 e. The number of alkyl halides is 3. The third-order valence-corrected chi connectivity index (χ3v) is 2.46. The molecule has 1 N–H and O–H groups in total. The van der Waals surface area contributed by atoms with Crippen molar-refractivity contribution in [2.24, 2.45) is 0 Å². The minimum atomic E-state index is -4.75. The fourth-order valence-corrected chi connectivity index (χ4v) is 1.65. The van der Waals surface area contributed by atoms with Crippen LogP contribution in [0.3, 0.4) is 0 Å². The molecule has 0 bridgehead atoms. The van der Waals surface area contributed by atoms with E-state index < -0.39 is 24.9 Å². The number of halogens is 4. The summed E-state index contributed by atoms with van der Waals surface area (Å²) < 4.78 is 38.9. The highest BCUT2D eigenvalue weighted by atomic mass is 35.5. The van der Waals surface area contributed by atoms with E-state index in [1.807, 2.05) is 0 Å². The molecule has 7 heteroatoms. The fourth-order valence-electron chi connectivity index (χ4n) is 1.45. The van der Waals surface area contributed by atoms with E-state index in [9.17, 15) is 18.0 Å². The van der Waals surface area contributed by atoms with E-state index in [2.05, 4.69) is 4.74 Å². The molecule has 0 aliphatic heterocycles. The predicted molar refractivity (Wildman–Crippen MR) is 58.5 cm³/mol. The quantitative estimate of drug-likeness (QED) is 0.900. The summed E-state index contributed by atoms with van der Waals surface area (Å²) in [5.74, 6) is -2.30. The van der Waals surface area contributed by atoms with Gasteiger partial charge in [-0.25, -0.2) is 0 Å². The Labute approximate surface area is 106 Å². The minimum absolute atomic E-state index is 0.283. The van der Waals surface area contributed by atoms with Gasteiger partial charge in [-0.3, -0.25) is 9.53 Å². The zero-order chi connectivity index (χ0) is 13.8. The molecule has 18 heavy (non-hydrogen) atoms. The van der Waals surface area contributed by atoms with Crippen molar-refractivity contribution in [2.45, 2.75) is 18.7 Å². The molecule has 0 saturated carbocycles. The van der Waals surface area contributed by atoms with Crippen molar-refractivity contribution < 1.29 is 27.8 Å². The monoisotopic (exact) mass is 282 g/mol. The Bertz CT molecular complexity index is 420. The van der Waals surface area contributed by atoms with Crippen LogP contribution in [0.4, 0.5) is 13.2 Å². The van der Waals surface area contributed by atoms with Gasteiger partial charge in [0.2, 0.25) is 0 Å². The third kappa shape index (κ3) is 4.93. The fraction of sp³-hybridized carbons (Fsp3) is 0.364. The van der Waals surface area contributed by atoms with Crippen LogP contribution < -0.4 is 0 Å². The molecular weight excluding hydrogens is 273 g/mol. The molecule has 0 saturated heterocycles. The summed E-state index contributed by atoms with van der Waals surface area (Å²) in [4.78, 5) is 11.0. The van der Waals surface area contributed by atoms with Crippen molar-refractivity contribution in [3.8, 4) is 0 Å². The van der Waals surface area contributed by atoms with Crippen LogP contribution in [0.2, 0.25) is 5.02 Å². The van der Waals surface area contributed by atoms with Gasteiger partial charge in [-0.05, 0) is 24.1 Å². The minimum Gasteiger partial charge on any atom is -0.481 e. The molecule has 0 spiro atoms. The van der Waals surface area contributed by atoms with Crippen LogP contribution in [0.5, 0.6) is 0 Å². The van der Waals surface area contributed by atoms with Gasteiger partial charge in [-0.2, -0.15) is 0 Å². The van der Waals surface area contributed by atoms with Gasteiger partial charge in [0.1, 0.15) is 0 Å². The lowest BCUT2D eigenvalue weighted by Gasteiger charge is -2.14. The molecule has 1 atom stereocenters. The number of rotatable bonds is 5. The van der Waals surface area contributed by atoms with Crippen molar-refractivity contribution in [3.05, 3.63) is 34.9 Å². The van der Waals surface area contributed by atoms with Gasteiger partial charge in [0.05, 0.1) is 12.5 Å². The summed E-state index contributed by atoms with van der Waals surface area (Å²) in [5.41, 5.74) is 0.348. The summed E-state index contributed by atoms with van der Waals surface area (Å²) in [6, 6.07) is 6.00. The molecule has 1 aromatic carbocycles. The highest BCUT2D eigenvalue weighted by molar-refractivity contribution is 6.30. The molecule has 0 aromatic heterocycles. The van der Waals surface area contributed by atoms with Crippen LogP contribution in [0, 0.1) is 0 Å². The van der Waals surface area contributed by atoms with Crippen LogP contribution >= 0.6 is 11.6 Å². The summed E-state index contributed by atoms with van der Waals surface area (Å²) in [7, 11) is 0. The van der Waals surface area contributed by atoms with E-state index in [0.717, 1.165) is 0 Å². The maximum absolute atomic E-state index is 11.8. The van der Waals surface area contributed by atoms with Crippen LogP contribution in [-0.2, 0) is 9.53 Å². The Hall–Kier alpha value is -1.27. The van der Waals surface area contributed by atoms with Crippen LogP contribution in [0.1, 0.15) is 17.9 Å². The summed E-state index contributed by atoms with van der Waals surface area (Å²) in [6.07, 6.45) is -5.04. The predicted octanol–water partition coefficient (Wildman–Crippen LogP) is 3.43. The summed E-state index contributed by atoms with van der Waals surface area (Å²) in [6.45, 7) is -0.715. The van der Waals surface area contributed by atoms with Crippen LogP contribution in [-0.4, -0.2) is 24.0 Å². The molecule has 0 aliphatic rings. The normalized spacial score (nSPS) is 13.3. The Morgan fingerprint density at radius 3 is 2.61 bits per heavy atom. The lowest BCUT2D eigenvalue weighted by atomic mass is 9.96. The number of hydrogen-bond donors (Lipinski definition) is 1. The second kappa shape index (κ2) is 6.06. The second-order valence-electron chi connectivity index (χ2n) is 3.53. The van der Waals surface area contributed by atoms with Gasteiger partial charge in [0.25, 0.3) is 0 Å². The SMILES string of the molecule is O=C(O)C(CCOC(F)(F)F)c1cccc(Cl)c1. The number of carbonyl (C=O) groups is 1. The van der Waals surface area contributed by atoms with Crippen molar-refractivity contribution in [1.29, 1.82) is 0 Å². The van der Waals surface area contributed by atoms with Gasteiger partial charge in [0, 0.05) is 5.02 Å². The van der Waals surface area contributed by atoms with E-state index >= 15 is 0 Å². The second-order valence-corrected chi connectivity index (χ2v) is 3.97. The average molecular weight is 283 g/mol. The first-order chi connectivity index (χ1) is 8.29. The lowest BCUT2D eigenvalue weighted by Crippen LogP contribution is -2.19. The number of aliphatic carboxylic acids is 1. The van der Waals surface area contributed by atoms with Gasteiger partial charge < -0.3 is 5.11 Å². The molecule has 1 rings (SSSR count). The Morgan fingerprint density at radius 1 is 1.44 bits per heavy atom. The van der Waals surface area contributed by atoms with Gasteiger partial charge in [-0.15, -0.1) is 13.2 Å². The first-order valence-electron chi connectivity index (χ1n) is 4.98. The van der Waals surface area contributed by atoms with Crippen molar-refractivity contribution in [2.75, 3.05) is 6.61 Å². The number of carboxylic acids is 1. The highest BCUT2D eigenvalue weighted by Gasteiger charge is 2.30. The number of benzene rings is 1. The molecular formula is C11H10ClF3O3. The molecule has 3 nitrogen and oxygen atoms in total. The molecule has 0 aliphatic carbocycles. The molecule has 0 amide bonds. The van der Waals surface area contributed by atoms with E-state index in [0.29, 0.717) is 10.6 Å². The van der Waals surface area contributed by atoms with E-state index in [1.54, 1.807) is 6.07 Å². The first-order valence-corrected chi connectivity index (χ1v) is 5.36. The number of ether oxygens (including phenoxy) is 1. The Balaban J connectivity index is 2.69. The molecule has 1 aromatic rings. The first kappa shape index (κ1) is 14.8. The molecule has 0 fully saturated rings. The highest BCUT2D eigenvalue weighted by Crippen LogP contribution is 2.25. The Kier molecular flexibility index (Phi) is 4.98. The maximum atomic E-state index is 11.8. The van der Waals surface area contributed by atoms with E-state index in [1.165, 1.54) is 18.2 Å². The van der Waals surface area contributed by atoms with Gasteiger partial charge in [0.15, 0.2) is 0 Å². The molecule has 1 unspecified atom stereocenters. The van der Waals surface area contributed by atoms with Crippen molar-refractivity contribution >= 4 is 17.6 Å². The zero-order valence-electron chi connectivity index (χ0n) is 9.08. The van der Waals surface area contributed by atoms with Crippen LogP contribution in [0.15, 0.2) is 24.3 Å². The van der Waals surface area contributed by atoms with Gasteiger partial charge in [-0.1, -0.05) is 23.7 Å². The maximum Gasteiger partial charge on any atom is 0.522 e. The topological polar surface area (TPSA) is 46.5 Å².